The fraction of sp³-hybridized carbons (Fsp3) is 0.615. The first kappa shape index (κ1) is 15.2. The largest absolute Gasteiger partial charge is 0.495 e. The molecule has 0 bridgehead atoms. The Labute approximate surface area is 112 Å². The Balaban J connectivity index is 2.88. The summed E-state index contributed by atoms with van der Waals surface area (Å²) < 4.78 is 22.8. The SMILES string of the molecule is COC1=C=C(SCCCF)C(OC)=CC1CCN. The molecule has 0 heterocycles. The van der Waals surface area contributed by atoms with Crippen LogP contribution < -0.4 is 5.73 Å². The predicted molar refractivity (Wildman–Crippen MR) is 72.9 cm³/mol. The molecule has 1 atom stereocenters. The van der Waals surface area contributed by atoms with Gasteiger partial charge in [0.2, 0.25) is 0 Å². The van der Waals surface area contributed by atoms with Gasteiger partial charge in [0.1, 0.15) is 11.5 Å². The Hall–Kier alpha value is -0.900. The molecule has 0 saturated heterocycles. The molecule has 0 aromatic carbocycles. The molecular weight excluding hydrogens is 253 g/mol. The Morgan fingerprint density at radius 1 is 1.44 bits per heavy atom. The highest BCUT2D eigenvalue weighted by Crippen LogP contribution is 2.32. The van der Waals surface area contributed by atoms with Crippen molar-refractivity contribution < 1.29 is 13.9 Å². The van der Waals surface area contributed by atoms with Gasteiger partial charge in [0, 0.05) is 11.7 Å². The third-order valence-corrected chi connectivity index (χ3v) is 3.68. The lowest BCUT2D eigenvalue weighted by Crippen LogP contribution is -2.13. The zero-order valence-electron chi connectivity index (χ0n) is 10.9. The van der Waals surface area contributed by atoms with Crippen molar-refractivity contribution in [3.63, 3.8) is 0 Å². The van der Waals surface area contributed by atoms with Gasteiger partial charge in [-0.05, 0) is 25.5 Å². The molecule has 5 heteroatoms. The van der Waals surface area contributed by atoms with Crippen molar-refractivity contribution in [3.8, 4) is 0 Å². The fourth-order valence-electron chi connectivity index (χ4n) is 1.69. The van der Waals surface area contributed by atoms with E-state index >= 15 is 0 Å². The van der Waals surface area contributed by atoms with Crippen LogP contribution in [-0.4, -0.2) is 33.2 Å². The topological polar surface area (TPSA) is 44.5 Å². The maximum Gasteiger partial charge on any atom is 0.146 e. The molecule has 0 aliphatic heterocycles. The van der Waals surface area contributed by atoms with E-state index in [0.29, 0.717) is 18.7 Å². The van der Waals surface area contributed by atoms with Crippen molar-refractivity contribution in [2.24, 2.45) is 11.7 Å². The lowest BCUT2D eigenvalue weighted by atomic mass is 9.99. The van der Waals surface area contributed by atoms with Crippen LogP contribution >= 0.6 is 11.8 Å². The van der Waals surface area contributed by atoms with Gasteiger partial charge in [-0.1, -0.05) is 5.73 Å². The zero-order chi connectivity index (χ0) is 13.4. The molecule has 3 nitrogen and oxygen atoms in total. The monoisotopic (exact) mass is 273 g/mol. The summed E-state index contributed by atoms with van der Waals surface area (Å²) in [6.45, 7) is 0.278. The number of methoxy groups -OCH3 is 2. The Morgan fingerprint density at radius 3 is 2.78 bits per heavy atom. The van der Waals surface area contributed by atoms with Crippen LogP contribution in [0.2, 0.25) is 0 Å². The molecule has 0 aromatic heterocycles. The number of alkyl halides is 1. The van der Waals surface area contributed by atoms with E-state index < -0.39 is 0 Å². The molecule has 0 spiro atoms. The van der Waals surface area contributed by atoms with E-state index in [9.17, 15) is 4.39 Å². The number of hydrogen-bond donors (Lipinski definition) is 1. The summed E-state index contributed by atoms with van der Waals surface area (Å²) in [4.78, 5) is 0.871. The van der Waals surface area contributed by atoms with Gasteiger partial charge in [0.05, 0.1) is 25.8 Å². The Bertz CT molecular complexity index is 362. The van der Waals surface area contributed by atoms with Crippen molar-refractivity contribution in [2.75, 3.05) is 33.2 Å². The number of halogens is 1. The standard InChI is InChI=1S/C13H20FNO2S/c1-16-11-9-13(18-7-3-5-14)12(17-2)8-10(11)4-6-15/h8,10H,3-7,15H2,1-2H3. The van der Waals surface area contributed by atoms with Gasteiger partial charge in [-0.2, -0.15) is 0 Å². The van der Waals surface area contributed by atoms with Crippen LogP contribution in [0.5, 0.6) is 0 Å². The van der Waals surface area contributed by atoms with Crippen molar-refractivity contribution in [2.45, 2.75) is 12.8 Å². The van der Waals surface area contributed by atoms with Crippen molar-refractivity contribution in [1.82, 2.24) is 0 Å². The molecule has 0 fully saturated rings. The molecule has 1 unspecified atom stereocenters. The molecule has 1 aliphatic carbocycles. The maximum atomic E-state index is 12.1. The second-order valence-corrected chi connectivity index (χ2v) is 4.94. The molecule has 102 valence electrons. The molecule has 2 N–H and O–H groups in total. The minimum absolute atomic E-state index is 0.112. The van der Waals surface area contributed by atoms with Crippen LogP contribution in [0.3, 0.4) is 0 Å². The van der Waals surface area contributed by atoms with E-state index in [2.05, 4.69) is 5.73 Å². The summed E-state index contributed by atoms with van der Waals surface area (Å²) in [5.41, 5.74) is 8.78. The van der Waals surface area contributed by atoms with Crippen LogP contribution in [0.4, 0.5) is 4.39 Å². The lowest BCUT2D eigenvalue weighted by Gasteiger charge is -2.20. The number of nitrogens with two attached hydrogens (primary N) is 1. The quantitative estimate of drug-likeness (QED) is 0.545. The van der Waals surface area contributed by atoms with Crippen LogP contribution in [0, 0.1) is 5.92 Å². The Morgan fingerprint density at radius 2 is 2.22 bits per heavy atom. The first-order valence-corrected chi connectivity index (χ1v) is 6.95. The van der Waals surface area contributed by atoms with Gasteiger partial charge in [0.15, 0.2) is 0 Å². The van der Waals surface area contributed by atoms with Gasteiger partial charge in [-0.25, -0.2) is 0 Å². The van der Waals surface area contributed by atoms with Crippen LogP contribution in [0.25, 0.3) is 0 Å². The molecule has 0 saturated carbocycles. The third kappa shape index (κ3) is 4.09. The molecule has 18 heavy (non-hydrogen) atoms. The minimum atomic E-state index is -0.303. The molecular formula is C13H20FNO2S. The van der Waals surface area contributed by atoms with Crippen LogP contribution in [0.15, 0.2) is 28.2 Å². The molecule has 1 rings (SSSR count). The van der Waals surface area contributed by atoms with Gasteiger partial charge < -0.3 is 15.2 Å². The van der Waals surface area contributed by atoms with E-state index in [1.165, 1.54) is 11.8 Å². The number of thioether (sulfide) groups is 1. The molecule has 1 aliphatic rings. The second-order valence-electron chi connectivity index (χ2n) is 3.83. The van der Waals surface area contributed by atoms with Gasteiger partial charge >= 0.3 is 0 Å². The van der Waals surface area contributed by atoms with Crippen LogP contribution in [0.1, 0.15) is 12.8 Å². The first-order valence-electron chi connectivity index (χ1n) is 5.96. The minimum Gasteiger partial charge on any atom is -0.495 e. The first-order chi connectivity index (χ1) is 8.76. The summed E-state index contributed by atoms with van der Waals surface area (Å²) in [6, 6.07) is 0. The summed E-state index contributed by atoms with van der Waals surface area (Å²) >= 11 is 1.53. The number of ether oxygens (including phenoxy) is 2. The predicted octanol–water partition coefficient (Wildman–Crippen LogP) is 2.60. The summed E-state index contributed by atoms with van der Waals surface area (Å²) in [5.74, 6) is 2.36. The van der Waals surface area contributed by atoms with Crippen LogP contribution in [-0.2, 0) is 9.47 Å². The molecule has 0 radical (unpaired) electrons. The highest BCUT2D eigenvalue weighted by atomic mass is 32.2. The average molecular weight is 273 g/mol. The number of hydrogen-bond acceptors (Lipinski definition) is 4. The summed E-state index contributed by atoms with van der Waals surface area (Å²) in [6.07, 6.45) is 3.33. The summed E-state index contributed by atoms with van der Waals surface area (Å²) in [5, 5.41) is 0. The van der Waals surface area contributed by atoms with Crippen molar-refractivity contribution in [1.29, 1.82) is 0 Å². The van der Waals surface area contributed by atoms with E-state index in [4.69, 9.17) is 15.2 Å². The second kappa shape index (κ2) is 8.25. The van der Waals surface area contributed by atoms with Crippen molar-refractivity contribution in [3.05, 3.63) is 28.2 Å². The highest BCUT2D eigenvalue weighted by molar-refractivity contribution is 8.03. The lowest BCUT2D eigenvalue weighted by molar-refractivity contribution is 0.244. The van der Waals surface area contributed by atoms with E-state index in [1.807, 2.05) is 6.08 Å². The molecule has 0 aromatic rings. The third-order valence-electron chi connectivity index (χ3n) is 2.59. The Kier molecular flexibility index (Phi) is 6.94. The fourth-order valence-corrected chi connectivity index (χ4v) is 2.62. The van der Waals surface area contributed by atoms with Gasteiger partial charge in [-0.3, -0.25) is 4.39 Å². The molecule has 0 amide bonds. The van der Waals surface area contributed by atoms with E-state index in [1.54, 1.807) is 14.2 Å². The highest BCUT2D eigenvalue weighted by Gasteiger charge is 2.20. The summed E-state index contributed by atoms with van der Waals surface area (Å²) in [7, 11) is 3.25. The van der Waals surface area contributed by atoms with Gasteiger partial charge in [-0.15, -0.1) is 11.8 Å². The average Bonchev–Trinajstić information content (AvgIpc) is 2.40. The number of rotatable bonds is 8. The zero-order valence-corrected chi connectivity index (χ0v) is 11.7. The smallest absolute Gasteiger partial charge is 0.146 e. The normalized spacial score (nSPS) is 18.9. The van der Waals surface area contributed by atoms with Gasteiger partial charge in [0.25, 0.3) is 0 Å². The van der Waals surface area contributed by atoms with E-state index in [0.717, 1.165) is 22.8 Å². The maximum absolute atomic E-state index is 12.1. The van der Waals surface area contributed by atoms with Crippen molar-refractivity contribution >= 4 is 11.8 Å². The van der Waals surface area contributed by atoms with E-state index in [-0.39, 0.29) is 12.6 Å².